The zero-order valence-electron chi connectivity index (χ0n) is 23.5. The van der Waals surface area contributed by atoms with Gasteiger partial charge in [0.15, 0.2) is 11.5 Å². The quantitative estimate of drug-likeness (QED) is 0.337. The van der Waals surface area contributed by atoms with Crippen molar-refractivity contribution in [2.45, 2.75) is 79.1 Å². The average Bonchev–Trinajstić information content (AvgIpc) is 3.36. The van der Waals surface area contributed by atoms with Gasteiger partial charge in [-0.15, -0.1) is 0 Å². The van der Waals surface area contributed by atoms with Gasteiger partial charge < -0.3 is 14.0 Å². The maximum absolute atomic E-state index is 14.8. The van der Waals surface area contributed by atoms with Crippen LogP contribution in [-0.2, 0) is 4.74 Å². The summed E-state index contributed by atoms with van der Waals surface area (Å²) in [4.78, 5) is 21.3. The molecule has 1 aliphatic rings. The summed E-state index contributed by atoms with van der Waals surface area (Å²) < 4.78 is 24.1. The number of amides is 1. The lowest BCUT2D eigenvalue weighted by molar-refractivity contribution is 0.00566. The van der Waals surface area contributed by atoms with E-state index in [1.807, 2.05) is 63.5 Å². The van der Waals surface area contributed by atoms with E-state index in [1.54, 1.807) is 10.5 Å². The molecule has 0 saturated carbocycles. The molecular weight excluding hydrogens is 483 g/mol. The molecule has 0 N–H and O–H groups in total. The van der Waals surface area contributed by atoms with Crippen molar-refractivity contribution >= 4 is 28.3 Å². The van der Waals surface area contributed by atoms with E-state index in [0.717, 1.165) is 33.5 Å². The summed E-state index contributed by atoms with van der Waals surface area (Å²) >= 11 is 0. The maximum atomic E-state index is 14.8. The van der Waals surface area contributed by atoms with Crippen molar-refractivity contribution < 1.29 is 13.9 Å². The van der Waals surface area contributed by atoms with Crippen LogP contribution in [0.15, 0.2) is 36.7 Å². The molecular formula is C29H37FN6O2. The third kappa shape index (κ3) is 4.70. The number of aromatic nitrogens is 4. The summed E-state index contributed by atoms with van der Waals surface area (Å²) in [6, 6.07) is 7.76. The summed E-state index contributed by atoms with van der Waals surface area (Å²) in [6.07, 6.45) is 3.49. The number of piperazine rings is 1. The number of imidazole rings is 1. The van der Waals surface area contributed by atoms with Gasteiger partial charge in [-0.2, -0.15) is 5.10 Å². The lowest BCUT2D eigenvalue weighted by Crippen LogP contribution is -2.59. The Morgan fingerprint density at radius 2 is 1.79 bits per heavy atom. The average molecular weight is 521 g/mol. The fourth-order valence-electron chi connectivity index (χ4n) is 5.55. The molecule has 5 rings (SSSR count). The number of aryl methyl sites for hydroxylation is 2. The second-order valence-corrected chi connectivity index (χ2v) is 11.6. The molecule has 3 aromatic heterocycles. The third-order valence-electron chi connectivity index (χ3n) is 7.26. The SMILES string of the molecule is Cc1cn2cc(C(C)n3nc(C)c4cc(N5C[C@H](C)N(C(=O)OC(C)(C)C)[C@@H](C)C5)ccc43)cc(F)c2n1. The molecule has 1 aliphatic heterocycles. The molecule has 1 fully saturated rings. The van der Waals surface area contributed by atoms with Crippen molar-refractivity contribution in [2.75, 3.05) is 18.0 Å². The second kappa shape index (κ2) is 9.29. The minimum absolute atomic E-state index is 0.00441. The van der Waals surface area contributed by atoms with Crippen LogP contribution in [0.5, 0.6) is 0 Å². The zero-order valence-corrected chi connectivity index (χ0v) is 23.5. The zero-order chi connectivity index (χ0) is 27.5. The molecule has 3 atom stereocenters. The standard InChI is InChI=1S/C29H37FN6O2/c1-17-13-34-16-22(11-25(30)27(34)31-17)21(5)36-26-10-9-23(12-24(26)20(4)32-36)33-14-18(2)35(19(3)15-33)28(37)38-29(6,7)8/h9-13,16,18-19,21H,14-15H2,1-8H3/t18-,19-,21?/m0/s1. The van der Waals surface area contributed by atoms with Crippen LogP contribution in [0.3, 0.4) is 0 Å². The Morgan fingerprint density at radius 3 is 2.45 bits per heavy atom. The van der Waals surface area contributed by atoms with Crippen molar-refractivity contribution in [1.82, 2.24) is 24.1 Å². The molecule has 1 saturated heterocycles. The van der Waals surface area contributed by atoms with Crippen LogP contribution in [0.1, 0.15) is 64.5 Å². The van der Waals surface area contributed by atoms with E-state index >= 15 is 0 Å². The Hall–Kier alpha value is -3.62. The molecule has 38 heavy (non-hydrogen) atoms. The van der Waals surface area contributed by atoms with Gasteiger partial charge in [0.2, 0.25) is 0 Å². The van der Waals surface area contributed by atoms with Crippen LogP contribution in [0.25, 0.3) is 16.6 Å². The number of ether oxygens (including phenoxy) is 1. The second-order valence-electron chi connectivity index (χ2n) is 11.6. The van der Waals surface area contributed by atoms with Crippen LogP contribution < -0.4 is 4.90 Å². The lowest BCUT2D eigenvalue weighted by atomic mass is 10.1. The van der Waals surface area contributed by atoms with Crippen LogP contribution in [0.4, 0.5) is 14.9 Å². The first-order valence-corrected chi connectivity index (χ1v) is 13.2. The summed E-state index contributed by atoms with van der Waals surface area (Å²) in [6.45, 7) is 17.1. The number of benzene rings is 1. The fourth-order valence-corrected chi connectivity index (χ4v) is 5.55. The molecule has 0 bridgehead atoms. The molecule has 4 aromatic rings. The molecule has 202 valence electrons. The van der Waals surface area contributed by atoms with E-state index < -0.39 is 5.60 Å². The first-order valence-electron chi connectivity index (χ1n) is 13.2. The highest BCUT2D eigenvalue weighted by Crippen LogP contribution is 2.31. The number of hydrogen-bond acceptors (Lipinski definition) is 5. The molecule has 1 unspecified atom stereocenters. The summed E-state index contributed by atoms with van der Waals surface area (Å²) in [5.74, 6) is -0.341. The number of hydrogen-bond donors (Lipinski definition) is 0. The number of halogens is 1. The van der Waals surface area contributed by atoms with Crippen molar-refractivity contribution in [1.29, 1.82) is 0 Å². The molecule has 1 aromatic carbocycles. The topological polar surface area (TPSA) is 67.9 Å². The maximum Gasteiger partial charge on any atom is 0.410 e. The number of carbonyl (C=O) groups is 1. The highest BCUT2D eigenvalue weighted by atomic mass is 19.1. The van der Waals surface area contributed by atoms with Gasteiger partial charge in [0.1, 0.15) is 5.60 Å². The van der Waals surface area contributed by atoms with E-state index in [2.05, 4.69) is 41.9 Å². The highest BCUT2D eigenvalue weighted by Gasteiger charge is 2.35. The first-order chi connectivity index (χ1) is 17.8. The van der Waals surface area contributed by atoms with Gasteiger partial charge in [0, 0.05) is 36.6 Å². The first kappa shape index (κ1) is 26.0. The van der Waals surface area contributed by atoms with E-state index in [1.165, 1.54) is 0 Å². The Kier molecular flexibility index (Phi) is 6.36. The number of nitrogens with zero attached hydrogens (tertiary/aromatic N) is 6. The van der Waals surface area contributed by atoms with Gasteiger partial charge >= 0.3 is 6.09 Å². The van der Waals surface area contributed by atoms with Crippen molar-refractivity contribution in [3.8, 4) is 0 Å². The smallest absolute Gasteiger partial charge is 0.410 e. The third-order valence-corrected chi connectivity index (χ3v) is 7.26. The van der Waals surface area contributed by atoms with E-state index in [-0.39, 0.29) is 30.0 Å². The van der Waals surface area contributed by atoms with E-state index in [0.29, 0.717) is 18.7 Å². The van der Waals surface area contributed by atoms with E-state index in [9.17, 15) is 9.18 Å². The van der Waals surface area contributed by atoms with Gasteiger partial charge in [-0.1, -0.05) is 0 Å². The van der Waals surface area contributed by atoms with Crippen LogP contribution in [0.2, 0.25) is 0 Å². The van der Waals surface area contributed by atoms with Gasteiger partial charge in [0.25, 0.3) is 0 Å². The minimum atomic E-state index is -0.525. The van der Waals surface area contributed by atoms with Crippen LogP contribution in [-0.4, -0.2) is 60.9 Å². The predicted octanol–water partition coefficient (Wildman–Crippen LogP) is 5.88. The van der Waals surface area contributed by atoms with Crippen molar-refractivity contribution in [3.63, 3.8) is 0 Å². The van der Waals surface area contributed by atoms with Gasteiger partial charge in [-0.05, 0) is 85.2 Å². The molecule has 1 amide bonds. The number of pyridine rings is 1. The molecule has 9 heteroatoms. The molecule has 0 radical (unpaired) electrons. The summed E-state index contributed by atoms with van der Waals surface area (Å²) in [5.41, 5.74) is 4.41. The normalized spacial score (nSPS) is 19.4. The van der Waals surface area contributed by atoms with Crippen LogP contribution >= 0.6 is 0 Å². The predicted molar refractivity (Wildman–Crippen MR) is 147 cm³/mol. The number of rotatable bonds is 3. The number of carbonyl (C=O) groups excluding carboxylic acids is 1. The van der Waals surface area contributed by atoms with Crippen LogP contribution in [0, 0.1) is 19.7 Å². The molecule has 0 aliphatic carbocycles. The molecule has 0 spiro atoms. The van der Waals surface area contributed by atoms with Crippen molar-refractivity contribution in [2.24, 2.45) is 0 Å². The number of fused-ring (bicyclic) bond motifs is 2. The van der Waals surface area contributed by atoms with E-state index in [4.69, 9.17) is 9.84 Å². The molecule has 8 nitrogen and oxygen atoms in total. The van der Waals surface area contributed by atoms with Gasteiger partial charge in [0.05, 0.1) is 35.0 Å². The summed E-state index contributed by atoms with van der Waals surface area (Å²) in [7, 11) is 0. The van der Waals surface area contributed by atoms with Crippen molar-refractivity contribution in [3.05, 3.63) is 59.4 Å². The highest BCUT2D eigenvalue weighted by molar-refractivity contribution is 5.86. The Morgan fingerprint density at radius 1 is 1.11 bits per heavy atom. The Balaban J connectivity index is 1.41. The Bertz CT molecular complexity index is 1510. The fraction of sp³-hybridized carbons (Fsp3) is 0.483. The number of anilines is 1. The van der Waals surface area contributed by atoms with Gasteiger partial charge in [-0.25, -0.2) is 14.2 Å². The summed E-state index contributed by atoms with van der Waals surface area (Å²) in [5, 5.41) is 5.91. The largest absolute Gasteiger partial charge is 0.444 e. The monoisotopic (exact) mass is 520 g/mol. The lowest BCUT2D eigenvalue weighted by Gasteiger charge is -2.45. The Labute approximate surface area is 223 Å². The molecule has 4 heterocycles. The van der Waals surface area contributed by atoms with Gasteiger partial charge in [-0.3, -0.25) is 9.58 Å². The minimum Gasteiger partial charge on any atom is -0.444 e.